The van der Waals surface area contributed by atoms with E-state index in [1.54, 1.807) is 7.11 Å². The fourth-order valence-corrected chi connectivity index (χ4v) is 2.25. The first-order valence-electron chi connectivity index (χ1n) is 6.33. The highest BCUT2D eigenvalue weighted by molar-refractivity contribution is 5.49. The summed E-state index contributed by atoms with van der Waals surface area (Å²) in [5, 5.41) is 0. The molecule has 0 saturated carbocycles. The van der Waals surface area contributed by atoms with Gasteiger partial charge in [-0.1, -0.05) is 35.9 Å². The van der Waals surface area contributed by atoms with E-state index >= 15 is 0 Å². The van der Waals surface area contributed by atoms with E-state index in [0.717, 1.165) is 23.6 Å². The van der Waals surface area contributed by atoms with Crippen molar-refractivity contribution in [2.24, 2.45) is 0 Å². The smallest absolute Gasteiger partial charge is 0.199 e. The molecule has 0 fully saturated rings. The van der Waals surface area contributed by atoms with Crippen LogP contribution >= 0.6 is 0 Å². The van der Waals surface area contributed by atoms with E-state index in [2.05, 4.69) is 40.6 Å². The Morgan fingerprint density at radius 1 is 1.11 bits per heavy atom. The second kappa shape index (κ2) is 4.76. The van der Waals surface area contributed by atoms with Crippen LogP contribution in [0.1, 0.15) is 17.0 Å². The van der Waals surface area contributed by atoms with Crippen molar-refractivity contribution in [3.63, 3.8) is 0 Å². The molecule has 2 aromatic heterocycles. The van der Waals surface area contributed by atoms with Crippen LogP contribution in [0.2, 0.25) is 0 Å². The van der Waals surface area contributed by atoms with Crippen LogP contribution in [0, 0.1) is 6.92 Å². The van der Waals surface area contributed by atoms with E-state index in [1.807, 2.05) is 24.4 Å². The second-order valence-electron chi connectivity index (χ2n) is 4.67. The monoisotopic (exact) mass is 252 g/mol. The Morgan fingerprint density at radius 2 is 1.89 bits per heavy atom. The molecule has 0 amide bonds. The number of nitrogens with zero attached hydrogens (tertiary/aromatic N) is 2. The van der Waals surface area contributed by atoms with Crippen molar-refractivity contribution >= 4 is 5.52 Å². The van der Waals surface area contributed by atoms with E-state index in [9.17, 15) is 0 Å². The van der Waals surface area contributed by atoms with Gasteiger partial charge in [-0.05, 0) is 24.6 Å². The lowest BCUT2D eigenvalue weighted by Crippen LogP contribution is -2.00. The van der Waals surface area contributed by atoms with Crippen LogP contribution in [0.3, 0.4) is 0 Å². The lowest BCUT2D eigenvalue weighted by Gasteiger charge is -2.07. The summed E-state index contributed by atoms with van der Waals surface area (Å²) >= 11 is 0. The summed E-state index contributed by atoms with van der Waals surface area (Å²) in [5.41, 5.74) is 3.58. The molecule has 19 heavy (non-hydrogen) atoms. The molecule has 96 valence electrons. The summed E-state index contributed by atoms with van der Waals surface area (Å²) < 4.78 is 7.46. The van der Waals surface area contributed by atoms with Crippen molar-refractivity contribution in [3.05, 3.63) is 65.6 Å². The standard InChI is InChI=1S/C16H16N2O/c1-12-6-8-13(9-7-12)10-15-17-11-14-4-3-5-16(19-2)18(14)15/h3-9,11H,10H2,1-2H3. The number of hydrogen-bond acceptors (Lipinski definition) is 2. The van der Waals surface area contributed by atoms with E-state index in [0.29, 0.717) is 0 Å². The number of fused-ring (bicyclic) bond motifs is 1. The number of aromatic nitrogens is 2. The number of imidazole rings is 1. The molecular weight excluding hydrogens is 236 g/mol. The maximum atomic E-state index is 5.41. The van der Waals surface area contributed by atoms with E-state index in [-0.39, 0.29) is 0 Å². The summed E-state index contributed by atoms with van der Waals surface area (Å²) in [7, 11) is 1.68. The highest BCUT2D eigenvalue weighted by atomic mass is 16.5. The maximum absolute atomic E-state index is 5.41. The number of methoxy groups -OCH3 is 1. The minimum atomic E-state index is 0.800. The number of aryl methyl sites for hydroxylation is 1. The van der Waals surface area contributed by atoms with E-state index in [4.69, 9.17) is 4.74 Å². The minimum Gasteiger partial charge on any atom is -0.482 e. The van der Waals surface area contributed by atoms with Gasteiger partial charge in [0.25, 0.3) is 0 Å². The first kappa shape index (κ1) is 11.8. The zero-order valence-corrected chi connectivity index (χ0v) is 11.1. The number of rotatable bonds is 3. The molecular formula is C16H16N2O. The summed E-state index contributed by atoms with van der Waals surface area (Å²) in [4.78, 5) is 4.50. The zero-order valence-electron chi connectivity index (χ0n) is 11.1. The number of benzene rings is 1. The van der Waals surface area contributed by atoms with Crippen molar-refractivity contribution in [2.45, 2.75) is 13.3 Å². The summed E-state index contributed by atoms with van der Waals surface area (Å²) in [6, 6.07) is 14.5. The number of ether oxygens (including phenoxy) is 1. The van der Waals surface area contributed by atoms with Gasteiger partial charge in [-0.2, -0.15) is 0 Å². The Labute approximate surface area is 112 Å². The summed E-state index contributed by atoms with van der Waals surface area (Å²) in [6.07, 6.45) is 2.68. The first-order chi connectivity index (χ1) is 9.28. The van der Waals surface area contributed by atoms with Gasteiger partial charge in [-0.3, -0.25) is 4.40 Å². The molecule has 0 bridgehead atoms. The molecule has 0 unspecified atom stereocenters. The lowest BCUT2D eigenvalue weighted by molar-refractivity contribution is 0.390. The van der Waals surface area contributed by atoms with Crippen molar-refractivity contribution < 1.29 is 4.74 Å². The summed E-state index contributed by atoms with van der Waals surface area (Å²) in [5.74, 6) is 1.81. The average Bonchev–Trinajstić information content (AvgIpc) is 2.85. The largest absolute Gasteiger partial charge is 0.482 e. The lowest BCUT2D eigenvalue weighted by atomic mass is 10.1. The predicted octanol–water partition coefficient (Wildman–Crippen LogP) is 3.24. The van der Waals surface area contributed by atoms with E-state index < -0.39 is 0 Å². The van der Waals surface area contributed by atoms with Gasteiger partial charge in [0.1, 0.15) is 5.82 Å². The van der Waals surface area contributed by atoms with Crippen LogP contribution in [0.4, 0.5) is 0 Å². The van der Waals surface area contributed by atoms with Gasteiger partial charge in [-0.25, -0.2) is 4.98 Å². The van der Waals surface area contributed by atoms with Crippen LogP contribution < -0.4 is 4.74 Å². The third-order valence-corrected chi connectivity index (χ3v) is 3.28. The molecule has 1 aromatic carbocycles. The SMILES string of the molecule is COc1cccc2cnc(Cc3ccc(C)cc3)n12. The molecule has 0 aliphatic heterocycles. The molecule has 0 atom stereocenters. The Morgan fingerprint density at radius 3 is 2.63 bits per heavy atom. The van der Waals surface area contributed by atoms with E-state index in [1.165, 1.54) is 11.1 Å². The highest BCUT2D eigenvalue weighted by Crippen LogP contribution is 2.19. The van der Waals surface area contributed by atoms with Crippen LogP contribution in [-0.2, 0) is 6.42 Å². The molecule has 0 N–H and O–H groups in total. The molecule has 0 aliphatic carbocycles. The average molecular weight is 252 g/mol. The van der Waals surface area contributed by atoms with Gasteiger partial charge in [0.05, 0.1) is 18.8 Å². The quantitative estimate of drug-likeness (QED) is 0.715. The van der Waals surface area contributed by atoms with Crippen LogP contribution in [0.25, 0.3) is 5.52 Å². The fourth-order valence-electron chi connectivity index (χ4n) is 2.25. The Hall–Kier alpha value is -2.29. The maximum Gasteiger partial charge on any atom is 0.199 e. The number of hydrogen-bond donors (Lipinski definition) is 0. The third-order valence-electron chi connectivity index (χ3n) is 3.28. The molecule has 0 radical (unpaired) electrons. The van der Waals surface area contributed by atoms with Crippen molar-refractivity contribution in [3.8, 4) is 5.88 Å². The predicted molar refractivity (Wildman–Crippen MR) is 75.7 cm³/mol. The molecule has 2 heterocycles. The van der Waals surface area contributed by atoms with Crippen LogP contribution in [0.5, 0.6) is 5.88 Å². The summed E-state index contributed by atoms with van der Waals surface area (Å²) in [6.45, 7) is 2.09. The van der Waals surface area contributed by atoms with Gasteiger partial charge >= 0.3 is 0 Å². The fraction of sp³-hybridized carbons (Fsp3) is 0.188. The zero-order chi connectivity index (χ0) is 13.2. The van der Waals surface area contributed by atoms with Crippen LogP contribution in [-0.4, -0.2) is 16.5 Å². The molecule has 0 spiro atoms. The first-order valence-corrected chi connectivity index (χ1v) is 6.33. The van der Waals surface area contributed by atoms with Gasteiger partial charge in [0, 0.05) is 6.42 Å². The Kier molecular flexibility index (Phi) is 2.95. The van der Waals surface area contributed by atoms with Gasteiger partial charge < -0.3 is 4.74 Å². The van der Waals surface area contributed by atoms with Gasteiger partial charge in [0.15, 0.2) is 5.88 Å². The topological polar surface area (TPSA) is 26.5 Å². The Bertz CT molecular complexity index is 698. The van der Waals surface area contributed by atoms with Gasteiger partial charge in [0.2, 0.25) is 0 Å². The molecule has 0 aliphatic rings. The van der Waals surface area contributed by atoms with Gasteiger partial charge in [-0.15, -0.1) is 0 Å². The normalized spacial score (nSPS) is 10.8. The van der Waals surface area contributed by atoms with Crippen molar-refractivity contribution in [1.29, 1.82) is 0 Å². The number of pyridine rings is 1. The molecule has 3 nitrogen and oxygen atoms in total. The molecule has 3 heteroatoms. The van der Waals surface area contributed by atoms with Crippen LogP contribution in [0.15, 0.2) is 48.7 Å². The molecule has 0 saturated heterocycles. The minimum absolute atomic E-state index is 0.800. The third kappa shape index (κ3) is 2.19. The molecule has 3 aromatic rings. The highest BCUT2D eigenvalue weighted by Gasteiger charge is 2.08. The molecule has 3 rings (SSSR count). The van der Waals surface area contributed by atoms with Crippen molar-refractivity contribution in [2.75, 3.05) is 7.11 Å². The Balaban J connectivity index is 2.03. The second-order valence-corrected chi connectivity index (χ2v) is 4.67. The van der Waals surface area contributed by atoms with Crippen molar-refractivity contribution in [1.82, 2.24) is 9.38 Å².